The van der Waals surface area contributed by atoms with Crippen molar-refractivity contribution < 1.29 is 5.11 Å². The zero-order valence-corrected chi connectivity index (χ0v) is 14.7. The average molecular weight is 322 g/mol. The third kappa shape index (κ3) is 4.15. The fraction of sp³-hybridized carbons (Fsp3) is 0.625. The van der Waals surface area contributed by atoms with E-state index < -0.39 is 0 Å². The number of aryl methyl sites for hydroxylation is 1. The summed E-state index contributed by atoms with van der Waals surface area (Å²) in [5, 5.41) is 16.9. The molecule has 6 heteroatoms. The van der Waals surface area contributed by atoms with Crippen molar-refractivity contribution in [2.45, 2.75) is 53.2 Å². The van der Waals surface area contributed by atoms with Crippen LogP contribution in [0.5, 0.6) is 0 Å². The second-order valence-electron chi connectivity index (χ2n) is 5.84. The Bertz CT molecular complexity index is 577. The van der Waals surface area contributed by atoms with Gasteiger partial charge in [0.2, 0.25) is 0 Å². The van der Waals surface area contributed by atoms with Crippen LogP contribution >= 0.6 is 11.3 Å². The van der Waals surface area contributed by atoms with Gasteiger partial charge in [-0.2, -0.15) is 5.10 Å². The van der Waals surface area contributed by atoms with Crippen LogP contribution in [0.2, 0.25) is 0 Å². The minimum absolute atomic E-state index is 0.124. The minimum atomic E-state index is 0.124. The Kier molecular flexibility index (Phi) is 6.11. The van der Waals surface area contributed by atoms with E-state index in [2.05, 4.69) is 42.7 Å². The van der Waals surface area contributed by atoms with Gasteiger partial charge in [-0.1, -0.05) is 0 Å². The minimum Gasteiger partial charge on any atom is -0.394 e. The summed E-state index contributed by atoms with van der Waals surface area (Å²) in [6, 6.07) is 0.472. The first-order chi connectivity index (χ1) is 10.5. The Hall–Kier alpha value is -1.24. The number of rotatable bonds is 8. The van der Waals surface area contributed by atoms with Crippen LogP contribution in [0.1, 0.15) is 35.8 Å². The quantitative estimate of drug-likeness (QED) is 0.811. The van der Waals surface area contributed by atoms with Gasteiger partial charge in [-0.3, -0.25) is 9.58 Å². The maximum absolute atomic E-state index is 9.13. The van der Waals surface area contributed by atoms with Crippen LogP contribution in [0.25, 0.3) is 0 Å². The molecule has 0 amide bonds. The van der Waals surface area contributed by atoms with Crippen LogP contribution < -0.4 is 0 Å². The summed E-state index contributed by atoms with van der Waals surface area (Å²) in [6.45, 7) is 11.2. The molecule has 2 aromatic heterocycles. The highest BCUT2D eigenvalue weighted by Crippen LogP contribution is 2.18. The lowest BCUT2D eigenvalue weighted by Crippen LogP contribution is -2.32. The van der Waals surface area contributed by atoms with E-state index in [1.807, 2.05) is 16.3 Å². The Balaban J connectivity index is 2.07. The van der Waals surface area contributed by atoms with Crippen molar-refractivity contribution in [3.05, 3.63) is 33.5 Å². The summed E-state index contributed by atoms with van der Waals surface area (Å²) in [6.07, 6.45) is 2.85. The maximum Gasteiger partial charge on any atom is 0.0937 e. The Morgan fingerprint density at radius 3 is 2.73 bits per heavy atom. The predicted molar refractivity (Wildman–Crippen MR) is 90.2 cm³/mol. The molecule has 0 saturated heterocycles. The first-order valence-electron chi connectivity index (χ1n) is 7.79. The van der Waals surface area contributed by atoms with Gasteiger partial charge in [0.05, 0.1) is 23.9 Å². The lowest BCUT2D eigenvalue weighted by atomic mass is 10.1. The van der Waals surface area contributed by atoms with Crippen LogP contribution in [-0.2, 0) is 19.5 Å². The van der Waals surface area contributed by atoms with Crippen LogP contribution in [0.4, 0.5) is 0 Å². The maximum atomic E-state index is 9.13. The van der Waals surface area contributed by atoms with E-state index in [-0.39, 0.29) is 6.61 Å². The molecule has 0 aliphatic rings. The molecule has 1 N–H and O–H groups in total. The molecule has 0 bridgehead atoms. The predicted octanol–water partition coefficient (Wildman–Crippen LogP) is 2.40. The van der Waals surface area contributed by atoms with Crippen LogP contribution in [-0.4, -0.2) is 44.0 Å². The second kappa shape index (κ2) is 7.85. The van der Waals surface area contributed by atoms with Crippen molar-refractivity contribution >= 4 is 11.3 Å². The van der Waals surface area contributed by atoms with Crippen molar-refractivity contribution in [3.8, 4) is 0 Å². The molecule has 2 rings (SSSR count). The van der Waals surface area contributed by atoms with Crippen molar-refractivity contribution in [1.29, 1.82) is 0 Å². The summed E-state index contributed by atoms with van der Waals surface area (Å²) in [5.74, 6) is 0. The standard InChI is InChI=1S/C16H26N4OS/c1-12(2)19(7-5-16-17-6-10-22-16)11-15-13(3)18-20(8-9-21)14(15)4/h6,10,12,21H,5,7-9,11H2,1-4H3. The van der Waals surface area contributed by atoms with Crippen LogP contribution in [0.3, 0.4) is 0 Å². The molecule has 0 aromatic carbocycles. The van der Waals surface area contributed by atoms with E-state index >= 15 is 0 Å². The SMILES string of the molecule is Cc1nn(CCO)c(C)c1CN(CCc1nccs1)C(C)C. The molecule has 22 heavy (non-hydrogen) atoms. The van der Waals surface area contributed by atoms with Gasteiger partial charge in [-0.05, 0) is 27.7 Å². The highest BCUT2D eigenvalue weighted by molar-refractivity contribution is 7.09. The molecule has 0 aliphatic carbocycles. The van der Waals surface area contributed by atoms with Crippen molar-refractivity contribution in [2.24, 2.45) is 0 Å². The normalized spacial score (nSPS) is 11.8. The van der Waals surface area contributed by atoms with E-state index in [1.165, 1.54) is 10.6 Å². The van der Waals surface area contributed by atoms with E-state index in [1.54, 1.807) is 11.3 Å². The largest absolute Gasteiger partial charge is 0.394 e. The molecular weight excluding hydrogens is 296 g/mol. The fourth-order valence-corrected chi connectivity index (χ4v) is 3.22. The Morgan fingerprint density at radius 2 is 2.14 bits per heavy atom. The fourth-order valence-electron chi connectivity index (χ4n) is 2.61. The van der Waals surface area contributed by atoms with E-state index in [4.69, 9.17) is 5.11 Å². The summed E-state index contributed by atoms with van der Waals surface area (Å²) in [4.78, 5) is 6.83. The lowest BCUT2D eigenvalue weighted by Gasteiger charge is -2.26. The molecule has 0 fully saturated rings. The van der Waals surface area contributed by atoms with Gasteiger partial charge >= 0.3 is 0 Å². The third-order valence-corrected chi connectivity index (χ3v) is 4.87. The molecule has 0 spiro atoms. The van der Waals surface area contributed by atoms with E-state index in [9.17, 15) is 0 Å². The summed E-state index contributed by atoms with van der Waals surface area (Å²) < 4.78 is 1.91. The molecule has 2 heterocycles. The summed E-state index contributed by atoms with van der Waals surface area (Å²) in [7, 11) is 0. The number of thiazole rings is 1. The molecule has 5 nitrogen and oxygen atoms in total. The first-order valence-corrected chi connectivity index (χ1v) is 8.67. The zero-order chi connectivity index (χ0) is 16.1. The second-order valence-corrected chi connectivity index (χ2v) is 6.82. The van der Waals surface area contributed by atoms with E-state index in [0.717, 1.165) is 30.9 Å². The molecule has 122 valence electrons. The van der Waals surface area contributed by atoms with E-state index in [0.29, 0.717) is 12.6 Å². The number of aliphatic hydroxyl groups is 1. The topological polar surface area (TPSA) is 54.2 Å². The van der Waals surface area contributed by atoms with Crippen molar-refractivity contribution in [3.63, 3.8) is 0 Å². The molecule has 0 radical (unpaired) electrons. The van der Waals surface area contributed by atoms with Gasteiger partial charge in [0.15, 0.2) is 0 Å². The number of hydrogen-bond acceptors (Lipinski definition) is 5. The molecule has 0 aliphatic heterocycles. The highest BCUT2D eigenvalue weighted by Gasteiger charge is 2.17. The number of nitrogens with zero attached hydrogens (tertiary/aromatic N) is 4. The van der Waals surface area contributed by atoms with Crippen LogP contribution in [0.15, 0.2) is 11.6 Å². The molecule has 0 atom stereocenters. The monoisotopic (exact) mass is 322 g/mol. The number of aromatic nitrogens is 3. The summed E-state index contributed by atoms with van der Waals surface area (Å²) in [5.41, 5.74) is 3.50. The van der Waals surface area contributed by atoms with Gasteiger partial charge in [0.25, 0.3) is 0 Å². The third-order valence-electron chi connectivity index (χ3n) is 4.03. The number of aliphatic hydroxyl groups excluding tert-OH is 1. The smallest absolute Gasteiger partial charge is 0.0937 e. The number of hydrogen-bond donors (Lipinski definition) is 1. The van der Waals surface area contributed by atoms with Gasteiger partial charge in [0.1, 0.15) is 0 Å². The average Bonchev–Trinajstić information content (AvgIpc) is 3.06. The van der Waals surface area contributed by atoms with Gasteiger partial charge in [-0.25, -0.2) is 4.98 Å². The molecular formula is C16H26N4OS. The molecule has 2 aromatic rings. The van der Waals surface area contributed by atoms with Gasteiger partial charge < -0.3 is 5.11 Å². The lowest BCUT2D eigenvalue weighted by molar-refractivity contribution is 0.214. The first kappa shape index (κ1) is 17.1. The van der Waals surface area contributed by atoms with Gasteiger partial charge in [-0.15, -0.1) is 11.3 Å². The van der Waals surface area contributed by atoms with Crippen molar-refractivity contribution in [2.75, 3.05) is 13.2 Å². The Morgan fingerprint density at radius 1 is 1.36 bits per heavy atom. The summed E-state index contributed by atoms with van der Waals surface area (Å²) >= 11 is 1.72. The molecule has 0 saturated carbocycles. The van der Waals surface area contributed by atoms with Crippen LogP contribution in [0, 0.1) is 13.8 Å². The zero-order valence-electron chi connectivity index (χ0n) is 13.9. The van der Waals surface area contributed by atoms with Gasteiger partial charge in [0, 0.05) is 48.4 Å². The van der Waals surface area contributed by atoms with Crippen molar-refractivity contribution in [1.82, 2.24) is 19.7 Å². The highest BCUT2D eigenvalue weighted by atomic mass is 32.1. The Labute approximate surface area is 136 Å². The molecule has 0 unspecified atom stereocenters.